The molecule has 0 aromatic carbocycles. The highest BCUT2D eigenvalue weighted by molar-refractivity contribution is 5.78. The normalized spacial score (nSPS) is 25.2. The zero-order chi connectivity index (χ0) is 14.7. The first kappa shape index (κ1) is 16.1. The van der Waals surface area contributed by atoms with E-state index in [4.69, 9.17) is 5.11 Å². The summed E-state index contributed by atoms with van der Waals surface area (Å²) in [6.07, 6.45) is -4.48. The van der Waals surface area contributed by atoms with Gasteiger partial charge in [-0.1, -0.05) is 0 Å². The third-order valence-electron chi connectivity index (χ3n) is 3.31. The fourth-order valence-corrected chi connectivity index (χ4v) is 2.10. The first-order valence-electron chi connectivity index (χ1n) is 5.99. The van der Waals surface area contributed by atoms with Crippen molar-refractivity contribution in [3.05, 3.63) is 0 Å². The van der Waals surface area contributed by atoms with Crippen LogP contribution in [0.15, 0.2) is 0 Å². The number of aliphatic hydroxyl groups excluding tert-OH is 1. The number of alkyl halides is 5. The molecule has 0 bridgehead atoms. The van der Waals surface area contributed by atoms with Gasteiger partial charge in [-0.25, -0.2) is 8.78 Å². The lowest BCUT2D eigenvalue weighted by Crippen LogP contribution is -2.42. The number of hydrogen-bond donors (Lipinski definition) is 2. The Morgan fingerprint density at radius 3 is 2.05 bits per heavy atom. The number of carbonyl (C=O) groups is 1. The van der Waals surface area contributed by atoms with Crippen LogP contribution in [0.2, 0.25) is 0 Å². The van der Waals surface area contributed by atoms with E-state index in [-0.39, 0.29) is 25.7 Å². The van der Waals surface area contributed by atoms with Crippen LogP contribution in [0.5, 0.6) is 0 Å². The lowest BCUT2D eigenvalue weighted by atomic mass is 9.81. The minimum Gasteiger partial charge on any atom is -0.390 e. The topological polar surface area (TPSA) is 49.3 Å². The largest absolute Gasteiger partial charge is 0.391 e. The standard InChI is InChI=1S/C11H16F5NO2/c12-10(13,6-18)5-17-9(19)7-1-3-8(4-2-7)11(14,15)16/h7-8,18H,1-6H2,(H,17,19). The van der Waals surface area contributed by atoms with Crippen LogP contribution in [0.4, 0.5) is 22.0 Å². The molecular weight excluding hydrogens is 273 g/mol. The van der Waals surface area contributed by atoms with Gasteiger partial charge in [-0.05, 0) is 25.7 Å². The van der Waals surface area contributed by atoms with E-state index in [1.54, 1.807) is 0 Å². The van der Waals surface area contributed by atoms with E-state index in [0.29, 0.717) is 0 Å². The second-order valence-corrected chi connectivity index (χ2v) is 4.82. The smallest absolute Gasteiger partial charge is 0.390 e. The van der Waals surface area contributed by atoms with Gasteiger partial charge in [0.1, 0.15) is 6.61 Å². The third-order valence-corrected chi connectivity index (χ3v) is 3.31. The predicted octanol–water partition coefficient (Wildman–Crippen LogP) is 2.10. The number of amides is 1. The SMILES string of the molecule is O=C(NCC(F)(F)CO)C1CCC(C(F)(F)F)CC1. The minimum absolute atomic E-state index is 0.0424. The zero-order valence-electron chi connectivity index (χ0n) is 10.1. The van der Waals surface area contributed by atoms with Crippen molar-refractivity contribution < 1.29 is 31.9 Å². The van der Waals surface area contributed by atoms with E-state index < -0.39 is 43.0 Å². The maximum absolute atomic E-state index is 12.7. The Balaban J connectivity index is 2.37. The molecule has 0 atom stereocenters. The molecule has 0 aromatic rings. The average Bonchev–Trinajstić information content (AvgIpc) is 2.35. The molecule has 0 aliphatic heterocycles. The average molecular weight is 289 g/mol. The molecule has 0 aromatic heterocycles. The van der Waals surface area contributed by atoms with Gasteiger partial charge in [0.25, 0.3) is 5.92 Å². The summed E-state index contributed by atoms with van der Waals surface area (Å²) < 4.78 is 62.5. The second kappa shape index (κ2) is 6.02. The van der Waals surface area contributed by atoms with Crippen molar-refractivity contribution in [1.29, 1.82) is 0 Å². The Kier molecular flexibility index (Phi) is 5.11. The van der Waals surface area contributed by atoms with Crippen LogP contribution < -0.4 is 5.32 Å². The van der Waals surface area contributed by atoms with Crippen LogP contribution in [0.3, 0.4) is 0 Å². The third kappa shape index (κ3) is 4.93. The van der Waals surface area contributed by atoms with Crippen LogP contribution in [0.25, 0.3) is 0 Å². The van der Waals surface area contributed by atoms with Crippen LogP contribution >= 0.6 is 0 Å². The number of aliphatic hydroxyl groups is 1. The van der Waals surface area contributed by atoms with Crippen molar-refractivity contribution in [3.8, 4) is 0 Å². The Hall–Kier alpha value is -0.920. The van der Waals surface area contributed by atoms with Gasteiger partial charge < -0.3 is 10.4 Å². The number of hydrogen-bond acceptors (Lipinski definition) is 2. The highest BCUT2D eigenvalue weighted by atomic mass is 19.4. The summed E-state index contributed by atoms with van der Waals surface area (Å²) in [5.41, 5.74) is 0. The molecule has 19 heavy (non-hydrogen) atoms. The summed E-state index contributed by atoms with van der Waals surface area (Å²) >= 11 is 0. The fourth-order valence-electron chi connectivity index (χ4n) is 2.10. The molecule has 0 heterocycles. The van der Waals surface area contributed by atoms with Crippen molar-refractivity contribution in [2.24, 2.45) is 11.8 Å². The summed E-state index contributed by atoms with van der Waals surface area (Å²) in [7, 11) is 0. The zero-order valence-corrected chi connectivity index (χ0v) is 10.1. The van der Waals surface area contributed by atoms with Crippen LogP contribution in [-0.2, 0) is 4.79 Å². The molecule has 0 radical (unpaired) electrons. The van der Waals surface area contributed by atoms with Gasteiger partial charge in [-0.3, -0.25) is 4.79 Å². The summed E-state index contributed by atoms with van der Waals surface area (Å²) in [5, 5.41) is 10.3. The van der Waals surface area contributed by atoms with Crippen molar-refractivity contribution in [3.63, 3.8) is 0 Å². The quantitative estimate of drug-likeness (QED) is 0.779. The molecule has 1 saturated carbocycles. The predicted molar refractivity (Wildman–Crippen MR) is 56.5 cm³/mol. The molecule has 1 amide bonds. The van der Waals surface area contributed by atoms with E-state index in [9.17, 15) is 26.7 Å². The Bertz CT molecular complexity index is 311. The van der Waals surface area contributed by atoms with Gasteiger partial charge in [-0.2, -0.15) is 13.2 Å². The molecule has 0 saturated heterocycles. The lowest BCUT2D eigenvalue weighted by molar-refractivity contribution is -0.184. The van der Waals surface area contributed by atoms with Crippen molar-refractivity contribution >= 4 is 5.91 Å². The maximum atomic E-state index is 12.7. The number of nitrogens with one attached hydrogen (secondary N) is 1. The monoisotopic (exact) mass is 289 g/mol. The maximum Gasteiger partial charge on any atom is 0.391 e. The summed E-state index contributed by atoms with van der Waals surface area (Å²) in [5.74, 6) is -6.14. The van der Waals surface area contributed by atoms with Gasteiger partial charge in [0, 0.05) is 5.92 Å². The van der Waals surface area contributed by atoms with Gasteiger partial charge in [-0.15, -0.1) is 0 Å². The Morgan fingerprint density at radius 1 is 1.11 bits per heavy atom. The molecule has 112 valence electrons. The molecule has 1 aliphatic rings. The highest BCUT2D eigenvalue weighted by Gasteiger charge is 2.42. The number of rotatable bonds is 4. The van der Waals surface area contributed by atoms with Crippen LogP contribution in [-0.4, -0.2) is 36.3 Å². The van der Waals surface area contributed by atoms with Gasteiger partial charge in [0.2, 0.25) is 5.91 Å². The minimum atomic E-state index is -4.26. The van der Waals surface area contributed by atoms with E-state index in [1.807, 2.05) is 5.32 Å². The van der Waals surface area contributed by atoms with Crippen LogP contribution in [0, 0.1) is 11.8 Å². The van der Waals surface area contributed by atoms with Gasteiger partial charge in [0.15, 0.2) is 0 Å². The Morgan fingerprint density at radius 2 is 1.63 bits per heavy atom. The lowest BCUT2D eigenvalue weighted by Gasteiger charge is -2.29. The molecular formula is C11H16F5NO2. The van der Waals surface area contributed by atoms with Gasteiger partial charge >= 0.3 is 6.18 Å². The summed E-state index contributed by atoms with van der Waals surface area (Å²) in [6.45, 7) is -2.38. The number of halogens is 5. The fraction of sp³-hybridized carbons (Fsp3) is 0.909. The van der Waals surface area contributed by atoms with E-state index in [0.717, 1.165) is 0 Å². The van der Waals surface area contributed by atoms with Crippen molar-refractivity contribution in [1.82, 2.24) is 5.32 Å². The molecule has 2 N–H and O–H groups in total. The first-order valence-corrected chi connectivity index (χ1v) is 5.99. The van der Waals surface area contributed by atoms with E-state index >= 15 is 0 Å². The molecule has 0 unspecified atom stereocenters. The molecule has 1 rings (SSSR count). The molecule has 0 spiro atoms. The van der Waals surface area contributed by atoms with Crippen LogP contribution in [0.1, 0.15) is 25.7 Å². The van der Waals surface area contributed by atoms with Gasteiger partial charge in [0.05, 0.1) is 12.5 Å². The molecule has 1 aliphatic carbocycles. The first-order chi connectivity index (χ1) is 8.65. The Labute approximate surface area is 107 Å². The molecule has 8 heteroatoms. The molecule has 3 nitrogen and oxygen atoms in total. The van der Waals surface area contributed by atoms with E-state index in [1.165, 1.54) is 0 Å². The summed E-state index contributed by atoms with van der Waals surface area (Å²) in [4.78, 5) is 11.5. The summed E-state index contributed by atoms with van der Waals surface area (Å²) in [6, 6.07) is 0. The molecule has 1 fully saturated rings. The van der Waals surface area contributed by atoms with Crippen molar-refractivity contribution in [2.45, 2.75) is 37.8 Å². The second-order valence-electron chi connectivity index (χ2n) is 4.82. The van der Waals surface area contributed by atoms with E-state index in [2.05, 4.69) is 0 Å². The number of carbonyl (C=O) groups excluding carboxylic acids is 1. The highest BCUT2D eigenvalue weighted by Crippen LogP contribution is 2.39. The van der Waals surface area contributed by atoms with Crippen molar-refractivity contribution in [2.75, 3.05) is 13.2 Å².